The van der Waals surface area contributed by atoms with Crippen molar-refractivity contribution in [3.8, 4) is 5.75 Å². The van der Waals surface area contributed by atoms with Crippen LogP contribution < -0.4 is 4.74 Å². The van der Waals surface area contributed by atoms with E-state index in [0.717, 1.165) is 10.0 Å². The number of sulfone groups is 1. The molecule has 1 fully saturated rings. The fraction of sp³-hybridized carbons (Fsp3) is 0.455. The minimum atomic E-state index is -3.17. The van der Waals surface area contributed by atoms with Gasteiger partial charge in [0.15, 0.2) is 9.84 Å². The summed E-state index contributed by atoms with van der Waals surface area (Å²) in [4.78, 5) is 0. The molecule has 2 rings (SSSR count). The zero-order chi connectivity index (χ0) is 12.6. The lowest BCUT2D eigenvalue weighted by molar-refractivity contribution is 0.0733. The Hall–Kier alpha value is -0.590. The first kappa shape index (κ1) is 12.9. The van der Waals surface area contributed by atoms with Crippen molar-refractivity contribution in [2.24, 2.45) is 0 Å². The molecule has 1 N–H and O–H groups in total. The number of hydrogen-bond acceptors (Lipinski definition) is 4. The number of aliphatic hydroxyl groups excluding tert-OH is 1. The number of aryl methyl sites for hydroxylation is 1. The van der Waals surface area contributed by atoms with Gasteiger partial charge in [-0.2, -0.15) is 0 Å². The second-order valence-electron chi connectivity index (χ2n) is 4.21. The summed E-state index contributed by atoms with van der Waals surface area (Å²) in [5.74, 6) is 0.255. The molecule has 17 heavy (non-hydrogen) atoms. The summed E-state index contributed by atoms with van der Waals surface area (Å²) in [6.07, 6.45) is -1.62. The Labute approximate surface area is 109 Å². The van der Waals surface area contributed by atoms with Crippen molar-refractivity contribution < 1.29 is 18.3 Å². The Kier molecular flexibility index (Phi) is 3.47. The van der Waals surface area contributed by atoms with E-state index in [1.807, 2.05) is 19.1 Å². The standard InChI is InChI=1S/C11H13BrO4S/c1-7-2-3-8(12)4-10(7)16-11-6-17(14,15)5-9(11)13/h2-4,9,11,13H,5-6H2,1H3. The van der Waals surface area contributed by atoms with Gasteiger partial charge in [0, 0.05) is 4.47 Å². The van der Waals surface area contributed by atoms with Crippen LogP contribution in [0.5, 0.6) is 5.75 Å². The molecule has 0 bridgehead atoms. The van der Waals surface area contributed by atoms with E-state index in [9.17, 15) is 13.5 Å². The highest BCUT2D eigenvalue weighted by Gasteiger charge is 2.38. The molecule has 1 aliphatic heterocycles. The van der Waals surface area contributed by atoms with E-state index in [2.05, 4.69) is 15.9 Å². The number of halogens is 1. The molecule has 1 heterocycles. The maximum Gasteiger partial charge on any atom is 0.156 e. The van der Waals surface area contributed by atoms with Crippen LogP contribution >= 0.6 is 15.9 Å². The molecule has 1 saturated heterocycles. The van der Waals surface area contributed by atoms with Crippen LogP contribution in [0.4, 0.5) is 0 Å². The molecule has 4 nitrogen and oxygen atoms in total. The molecule has 0 spiro atoms. The predicted octanol–water partition coefficient (Wildman–Crippen LogP) is 1.29. The Balaban J connectivity index is 2.19. The molecule has 6 heteroatoms. The molecule has 1 aliphatic rings. The van der Waals surface area contributed by atoms with Gasteiger partial charge in [0.2, 0.25) is 0 Å². The van der Waals surface area contributed by atoms with Gasteiger partial charge in [-0.25, -0.2) is 8.42 Å². The topological polar surface area (TPSA) is 63.6 Å². The molecule has 1 aromatic rings. The molecule has 2 unspecified atom stereocenters. The van der Waals surface area contributed by atoms with Gasteiger partial charge in [0.25, 0.3) is 0 Å². The fourth-order valence-electron chi connectivity index (χ4n) is 1.77. The van der Waals surface area contributed by atoms with Gasteiger partial charge in [-0.05, 0) is 24.6 Å². The molecule has 0 saturated carbocycles. The Morgan fingerprint density at radius 3 is 2.71 bits per heavy atom. The summed E-state index contributed by atoms with van der Waals surface area (Å²) in [7, 11) is -3.17. The predicted molar refractivity (Wildman–Crippen MR) is 68.0 cm³/mol. The summed E-state index contributed by atoms with van der Waals surface area (Å²) in [6.45, 7) is 1.87. The normalized spacial score (nSPS) is 27.0. The largest absolute Gasteiger partial charge is 0.486 e. The quantitative estimate of drug-likeness (QED) is 0.892. The molecule has 0 radical (unpaired) electrons. The molecule has 94 valence electrons. The maximum absolute atomic E-state index is 11.3. The van der Waals surface area contributed by atoms with E-state index in [0.29, 0.717) is 5.75 Å². The number of benzene rings is 1. The highest BCUT2D eigenvalue weighted by Crippen LogP contribution is 2.26. The third kappa shape index (κ3) is 3.00. The molecule has 1 aromatic carbocycles. The maximum atomic E-state index is 11.3. The first-order valence-corrected chi connectivity index (χ1v) is 7.80. The van der Waals surface area contributed by atoms with Crippen LogP contribution in [0.25, 0.3) is 0 Å². The van der Waals surface area contributed by atoms with E-state index in [1.54, 1.807) is 6.07 Å². The first-order chi connectivity index (χ1) is 7.87. The Bertz CT molecular complexity index is 526. The lowest BCUT2D eigenvalue weighted by Gasteiger charge is -2.17. The van der Waals surface area contributed by atoms with E-state index < -0.39 is 22.0 Å². The number of ether oxygens (including phenoxy) is 1. The fourth-order valence-corrected chi connectivity index (χ4v) is 3.78. The molecule has 0 aliphatic carbocycles. The van der Waals surface area contributed by atoms with Crippen LogP contribution in [0.3, 0.4) is 0 Å². The van der Waals surface area contributed by atoms with Crippen LogP contribution in [0.2, 0.25) is 0 Å². The lowest BCUT2D eigenvalue weighted by Crippen LogP contribution is -2.30. The van der Waals surface area contributed by atoms with Gasteiger partial charge in [0.1, 0.15) is 18.0 Å². The monoisotopic (exact) mass is 320 g/mol. The second kappa shape index (κ2) is 4.59. The summed E-state index contributed by atoms with van der Waals surface area (Å²) in [5, 5.41) is 9.63. The Morgan fingerprint density at radius 2 is 2.12 bits per heavy atom. The highest BCUT2D eigenvalue weighted by atomic mass is 79.9. The average Bonchev–Trinajstić information content (AvgIpc) is 2.46. The van der Waals surface area contributed by atoms with E-state index in [4.69, 9.17) is 4.74 Å². The molecular weight excluding hydrogens is 308 g/mol. The average molecular weight is 321 g/mol. The van der Waals surface area contributed by atoms with Crippen LogP contribution in [0, 0.1) is 6.92 Å². The van der Waals surface area contributed by atoms with Crippen molar-refractivity contribution in [1.82, 2.24) is 0 Å². The van der Waals surface area contributed by atoms with Crippen molar-refractivity contribution in [2.75, 3.05) is 11.5 Å². The molecular formula is C11H13BrO4S. The third-order valence-corrected chi connectivity index (χ3v) is 4.88. The third-order valence-electron chi connectivity index (χ3n) is 2.70. The van der Waals surface area contributed by atoms with Crippen LogP contribution in [-0.4, -0.2) is 37.2 Å². The smallest absolute Gasteiger partial charge is 0.156 e. The summed E-state index contributed by atoms with van der Waals surface area (Å²) in [5.41, 5.74) is 0.907. The minimum Gasteiger partial charge on any atom is -0.486 e. The van der Waals surface area contributed by atoms with Crippen LogP contribution in [-0.2, 0) is 9.84 Å². The first-order valence-electron chi connectivity index (χ1n) is 5.19. The summed E-state index contributed by atoms with van der Waals surface area (Å²) < 4.78 is 29.1. The van der Waals surface area contributed by atoms with Gasteiger partial charge < -0.3 is 9.84 Å². The van der Waals surface area contributed by atoms with Gasteiger partial charge in [-0.15, -0.1) is 0 Å². The highest BCUT2D eigenvalue weighted by molar-refractivity contribution is 9.10. The minimum absolute atomic E-state index is 0.125. The zero-order valence-electron chi connectivity index (χ0n) is 9.26. The van der Waals surface area contributed by atoms with E-state index in [1.165, 1.54) is 0 Å². The number of rotatable bonds is 2. The van der Waals surface area contributed by atoms with Gasteiger partial charge >= 0.3 is 0 Å². The SMILES string of the molecule is Cc1ccc(Br)cc1OC1CS(=O)(=O)CC1O. The van der Waals surface area contributed by atoms with E-state index >= 15 is 0 Å². The van der Waals surface area contributed by atoms with Gasteiger partial charge in [-0.1, -0.05) is 22.0 Å². The van der Waals surface area contributed by atoms with Crippen molar-refractivity contribution in [3.05, 3.63) is 28.2 Å². The second-order valence-corrected chi connectivity index (χ2v) is 7.28. The lowest BCUT2D eigenvalue weighted by atomic mass is 10.2. The summed E-state index contributed by atoms with van der Waals surface area (Å²) >= 11 is 3.32. The van der Waals surface area contributed by atoms with E-state index in [-0.39, 0.29) is 11.5 Å². The van der Waals surface area contributed by atoms with Crippen molar-refractivity contribution in [2.45, 2.75) is 19.1 Å². The zero-order valence-corrected chi connectivity index (χ0v) is 11.7. The summed E-state index contributed by atoms with van der Waals surface area (Å²) in [6, 6.07) is 5.52. The molecule has 0 aromatic heterocycles. The number of aliphatic hydroxyl groups is 1. The van der Waals surface area contributed by atoms with Gasteiger partial charge in [-0.3, -0.25) is 0 Å². The Morgan fingerprint density at radius 1 is 1.41 bits per heavy atom. The molecule has 2 atom stereocenters. The number of hydrogen-bond donors (Lipinski definition) is 1. The van der Waals surface area contributed by atoms with Crippen molar-refractivity contribution >= 4 is 25.8 Å². The molecule has 0 amide bonds. The van der Waals surface area contributed by atoms with Crippen molar-refractivity contribution in [3.63, 3.8) is 0 Å². The van der Waals surface area contributed by atoms with Crippen LogP contribution in [0.1, 0.15) is 5.56 Å². The van der Waals surface area contributed by atoms with Crippen LogP contribution in [0.15, 0.2) is 22.7 Å². The van der Waals surface area contributed by atoms with Gasteiger partial charge in [0.05, 0.1) is 11.5 Å². The van der Waals surface area contributed by atoms with Crippen molar-refractivity contribution in [1.29, 1.82) is 0 Å².